The first kappa shape index (κ1) is 16.0. The van der Waals surface area contributed by atoms with E-state index in [0.29, 0.717) is 19.1 Å². The van der Waals surface area contributed by atoms with Crippen LogP contribution in [0.5, 0.6) is 5.75 Å². The summed E-state index contributed by atoms with van der Waals surface area (Å²) in [6.45, 7) is 3.38. The Bertz CT molecular complexity index is 571. The molecule has 1 aromatic rings. The van der Waals surface area contributed by atoms with Crippen LogP contribution in [0.25, 0.3) is 0 Å². The summed E-state index contributed by atoms with van der Waals surface area (Å²) in [6, 6.07) is 8.16. The second-order valence-electron chi connectivity index (χ2n) is 8.44. The molecule has 0 aliphatic heterocycles. The van der Waals surface area contributed by atoms with Crippen molar-refractivity contribution in [3.05, 3.63) is 29.8 Å². The van der Waals surface area contributed by atoms with Crippen LogP contribution in [0.15, 0.2) is 24.3 Å². The van der Waals surface area contributed by atoms with Gasteiger partial charge in [-0.2, -0.15) is 0 Å². The summed E-state index contributed by atoms with van der Waals surface area (Å²) in [5.74, 6) is 3.75. The molecule has 0 N–H and O–H groups in total. The monoisotopic (exact) mass is 327 g/mol. The number of amides is 1. The number of hydrogen-bond acceptors (Lipinski definition) is 2. The van der Waals surface area contributed by atoms with E-state index in [4.69, 9.17) is 4.74 Å². The largest absolute Gasteiger partial charge is 0.494 e. The fourth-order valence-electron chi connectivity index (χ4n) is 5.98. The molecule has 4 aliphatic rings. The second kappa shape index (κ2) is 6.09. The number of benzene rings is 1. The van der Waals surface area contributed by atoms with Crippen LogP contribution in [0.1, 0.15) is 51.0 Å². The quantitative estimate of drug-likeness (QED) is 0.809. The van der Waals surface area contributed by atoms with Crippen molar-refractivity contribution in [3.8, 4) is 5.75 Å². The molecule has 3 heteroatoms. The van der Waals surface area contributed by atoms with E-state index < -0.39 is 0 Å². The molecular weight excluding hydrogens is 298 g/mol. The van der Waals surface area contributed by atoms with Crippen molar-refractivity contribution in [1.29, 1.82) is 0 Å². The van der Waals surface area contributed by atoms with E-state index in [1.807, 2.05) is 31.0 Å². The standard InChI is InChI=1S/C21H29NO2/c1-3-24-19-6-4-15(5-7-19)14-22(2)20(23)21-11-16-8-17(12-21)10-18(9-16)13-21/h4-7,16-18H,3,8-14H2,1-2H3. The predicted molar refractivity (Wildman–Crippen MR) is 94.7 cm³/mol. The van der Waals surface area contributed by atoms with Crippen LogP contribution >= 0.6 is 0 Å². The van der Waals surface area contributed by atoms with Gasteiger partial charge in [0.1, 0.15) is 5.75 Å². The van der Waals surface area contributed by atoms with Crippen molar-refractivity contribution >= 4 is 5.91 Å². The lowest BCUT2D eigenvalue weighted by Gasteiger charge is -2.56. The normalized spacial score (nSPS) is 33.5. The van der Waals surface area contributed by atoms with Crippen molar-refractivity contribution in [2.75, 3.05) is 13.7 Å². The maximum Gasteiger partial charge on any atom is 0.228 e. The molecule has 0 unspecified atom stereocenters. The topological polar surface area (TPSA) is 29.5 Å². The Hall–Kier alpha value is -1.51. The number of ether oxygens (including phenoxy) is 1. The molecule has 0 aromatic heterocycles. The Morgan fingerprint density at radius 2 is 1.62 bits per heavy atom. The van der Waals surface area contributed by atoms with E-state index >= 15 is 0 Å². The van der Waals surface area contributed by atoms with Gasteiger partial charge in [-0.1, -0.05) is 12.1 Å². The molecule has 0 heterocycles. The van der Waals surface area contributed by atoms with E-state index in [2.05, 4.69) is 12.1 Å². The minimum absolute atomic E-state index is 0.0330. The summed E-state index contributed by atoms with van der Waals surface area (Å²) in [5.41, 5.74) is 1.15. The molecule has 130 valence electrons. The van der Waals surface area contributed by atoms with Gasteiger partial charge in [-0.25, -0.2) is 0 Å². The molecule has 5 rings (SSSR count). The zero-order valence-corrected chi connectivity index (χ0v) is 15.0. The first-order valence-corrected chi connectivity index (χ1v) is 9.55. The average Bonchev–Trinajstić information content (AvgIpc) is 2.55. The van der Waals surface area contributed by atoms with Crippen LogP contribution in [0.3, 0.4) is 0 Å². The smallest absolute Gasteiger partial charge is 0.228 e. The lowest BCUT2D eigenvalue weighted by atomic mass is 9.49. The number of carbonyl (C=O) groups excluding carboxylic acids is 1. The van der Waals surface area contributed by atoms with E-state index in [1.54, 1.807) is 0 Å². The minimum Gasteiger partial charge on any atom is -0.494 e. The average molecular weight is 327 g/mol. The Morgan fingerprint density at radius 1 is 1.08 bits per heavy atom. The van der Waals surface area contributed by atoms with Crippen molar-refractivity contribution in [2.24, 2.45) is 23.2 Å². The molecule has 0 spiro atoms. The predicted octanol–water partition coefficient (Wildman–Crippen LogP) is 4.26. The molecule has 4 saturated carbocycles. The molecule has 0 atom stereocenters. The van der Waals surface area contributed by atoms with Crippen LogP contribution in [0.2, 0.25) is 0 Å². The van der Waals surface area contributed by atoms with Crippen molar-refractivity contribution in [3.63, 3.8) is 0 Å². The number of hydrogen-bond donors (Lipinski definition) is 0. The van der Waals surface area contributed by atoms with Gasteiger partial charge in [-0.3, -0.25) is 4.79 Å². The molecule has 3 nitrogen and oxygen atoms in total. The maximum atomic E-state index is 13.3. The summed E-state index contributed by atoms with van der Waals surface area (Å²) in [5, 5.41) is 0. The molecule has 1 amide bonds. The third-order valence-corrected chi connectivity index (χ3v) is 6.49. The third kappa shape index (κ3) is 2.82. The van der Waals surface area contributed by atoms with Crippen LogP contribution in [0.4, 0.5) is 0 Å². The molecular formula is C21H29NO2. The summed E-state index contributed by atoms with van der Waals surface area (Å²) >= 11 is 0. The van der Waals surface area contributed by atoms with Gasteiger partial charge in [0.25, 0.3) is 0 Å². The van der Waals surface area contributed by atoms with Crippen molar-refractivity contribution in [1.82, 2.24) is 4.90 Å². The lowest BCUT2D eigenvalue weighted by molar-refractivity contribution is -0.156. The van der Waals surface area contributed by atoms with Crippen molar-refractivity contribution < 1.29 is 9.53 Å². The lowest BCUT2D eigenvalue weighted by Crippen LogP contribution is -2.53. The van der Waals surface area contributed by atoms with Gasteiger partial charge in [-0.05, 0) is 80.9 Å². The summed E-state index contributed by atoms with van der Waals surface area (Å²) in [6.07, 6.45) is 7.59. The highest BCUT2D eigenvalue weighted by Gasteiger charge is 2.55. The van der Waals surface area contributed by atoms with E-state index in [9.17, 15) is 4.79 Å². The van der Waals surface area contributed by atoms with Gasteiger partial charge in [0, 0.05) is 13.6 Å². The molecule has 0 saturated heterocycles. The molecule has 4 aliphatic carbocycles. The van der Waals surface area contributed by atoms with Crippen LogP contribution in [-0.2, 0) is 11.3 Å². The fourth-order valence-corrected chi connectivity index (χ4v) is 5.98. The molecule has 4 bridgehead atoms. The third-order valence-electron chi connectivity index (χ3n) is 6.49. The highest BCUT2D eigenvalue weighted by Crippen LogP contribution is 2.60. The Morgan fingerprint density at radius 3 is 2.12 bits per heavy atom. The van der Waals surface area contributed by atoms with Gasteiger partial charge < -0.3 is 9.64 Å². The molecule has 24 heavy (non-hydrogen) atoms. The Balaban J connectivity index is 1.44. The maximum absolute atomic E-state index is 13.3. The number of nitrogens with zero attached hydrogens (tertiary/aromatic N) is 1. The Labute approximate surface area is 145 Å². The highest BCUT2D eigenvalue weighted by molar-refractivity contribution is 5.83. The van der Waals surface area contributed by atoms with Gasteiger partial charge in [0.05, 0.1) is 12.0 Å². The Kier molecular flexibility index (Phi) is 4.06. The summed E-state index contributed by atoms with van der Waals surface area (Å²) in [7, 11) is 1.98. The van der Waals surface area contributed by atoms with Gasteiger partial charge in [0.2, 0.25) is 5.91 Å². The van der Waals surface area contributed by atoms with Crippen LogP contribution in [-0.4, -0.2) is 24.5 Å². The van der Waals surface area contributed by atoms with E-state index in [0.717, 1.165) is 42.8 Å². The highest BCUT2D eigenvalue weighted by atomic mass is 16.5. The van der Waals surface area contributed by atoms with Gasteiger partial charge in [-0.15, -0.1) is 0 Å². The SMILES string of the molecule is CCOc1ccc(CN(C)C(=O)C23CC4CC(CC(C4)C2)C3)cc1. The van der Waals surface area contributed by atoms with Gasteiger partial charge in [0.15, 0.2) is 0 Å². The first-order valence-electron chi connectivity index (χ1n) is 9.55. The number of rotatable bonds is 5. The van der Waals surface area contributed by atoms with E-state index in [1.165, 1.54) is 24.8 Å². The summed E-state index contributed by atoms with van der Waals surface area (Å²) in [4.78, 5) is 15.2. The molecule has 0 radical (unpaired) electrons. The van der Waals surface area contributed by atoms with Gasteiger partial charge >= 0.3 is 0 Å². The zero-order valence-electron chi connectivity index (χ0n) is 15.0. The molecule has 1 aromatic carbocycles. The minimum atomic E-state index is -0.0330. The van der Waals surface area contributed by atoms with Crippen LogP contribution in [0, 0.1) is 23.2 Å². The van der Waals surface area contributed by atoms with Crippen LogP contribution < -0.4 is 4.74 Å². The second-order valence-corrected chi connectivity index (χ2v) is 8.44. The number of carbonyl (C=O) groups is 1. The van der Waals surface area contributed by atoms with E-state index in [-0.39, 0.29) is 5.41 Å². The molecule has 4 fully saturated rings. The fraction of sp³-hybridized carbons (Fsp3) is 0.667. The summed E-state index contributed by atoms with van der Waals surface area (Å²) < 4.78 is 5.50. The van der Waals surface area contributed by atoms with Crippen molar-refractivity contribution in [2.45, 2.75) is 52.0 Å². The first-order chi connectivity index (χ1) is 11.6. The zero-order chi connectivity index (χ0) is 16.7.